The molecular weight excluding hydrogens is 246 g/mol. The molecule has 2 N–H and O–H groups in total. The number of halogens is 1. The Balaban J connectivity index is 1.83. The van der Waals surface area contributed by atoms with E-state index in [-0.39, 0.29) is 6.10 Å². The Morgan fingerprint density at radius 1 is 1.39 bits per heavy atom. The first-order chi connectivity index (χ1) is 8.66. The highest BCUT2D eigenvalue weighted by atomic mass is 35.5. The Labute approximate surface area is 114 Å². The summed E-state index contributed by atoms with van der Waals surface area (Å²) in [6.07, 6.45) is 5.85. The average molecular weight is 268 g/mol. The van der Waals surface area contributed by atoms with E-state index in [1.165, 1.54) is 25.7 Å². The van der Waals surface area contributed by atoms with Crippen molar-refractivity contribution in [2.24, 2.45) is 5.92 Å². The van der Waals surface area contributed by atoms with Crippen LogP contribution >= 0.6 is 11.6 Å². The average Bonchev–Trinajstić information content (AvgIpc) is 2.81. The maximum Gasteiger partial charge on any atom is 0.0715 e. The molecule has 18 heavy (non-hydrogen) atoms. The lowest BCUT2D eigenvalue weighted by Crippen LogP contribution is -2.22. The van der Waals surface area contributed by atoms with E-state index in [0.717, 1.165) is 22.7 Å². The molecule has 2 rings (SSSR count). The van der Waals surface area contributed by atoms with Crippen LogP contribution in [0.3, 0.4) is 0 Å². The molecule has 1 atom stereocenters. The number of aliphatic hydroxyl groups is 1. The summed E-state index contributed by atoms with van der Waals surface area (Å²) in [7, 11) is 0. The molecule has 0 heterocycles. The normalized spacial score (nSPS) is 17.9. The van der Waals surface area contributed by atoms with E-state index < -0.39 is 0 Å². The molecule has 3 heteroatoms. The highest BCUT2D eigenvalue weighted by Gasteiger charge is 2.18. The highest BCUT2D eigenvalue weighted by molar-refractivity contribution is 6.33. The van der Waals surface area contributed by atoms with Gasteiger partial charge in [-0.25, -0.2) is 0 Å². The predicted molar refractivity (Wildman–Crippen MR) is 77.3 cm³/mol. The second-order valence-corrected chi connectivity index (χ2v) is 5.76. The summed E-state index contributed by atoms with van der Waals surface area (Å²) in [6, 6.07) is 5.84. The third-order valence-corrected chi connectivity index (χ3v) is 4.13. The quantitative estimate of drug-likeness (QED) is 0.845. The number of aryl methyl sites for hydroxylation is 1. The molecule has 1 aliphatic rings. The fourth-order valence-corrected chi connectivity index (χ4v) is 3.08. The van der Waals surface area contributed by atoms with E-state index in [0.29, 0.717) is 12.5 Å². The zero-order valence-electron chi connectivity index (χ0n) is 11.0. The second-order valence-electron chi connectivity index (χ2n) is 5.35. The van der Waals surface area contributed by atoms with Crippen LogP contribution in [0.25, 0.3) is 0 Å². The summed E-state index contributed by atoms with van der Waals surface area (Å²) in [5.74, 6) is 0.717. The van der Waals surface area contributed by atoms with Gasteiger partial charge in [0.15, 0.2) is 0 Å². The van der Waals surface area contributed by atoms with Crippen molar-refractivity contribution in [3.05, 3.63) is 28.8 Å². The minimum Gasteiger partial charge on any atom is -0.391 e. The molecule has 1 unspecified atom stereocenters. The van der Waals surface area contributed by atoms with Gasteiger partial charge in [-0.1, -0.05) is 49.4 Å². The van der Waals surface area contributed by atoms with E-state index in [1.807, 2.05) is 25.1 Å². The van der Waals surface area contributed by atoms with Crippen molar-refractivity contribution >= 4 is 17.3 Å². The van der Waals surface area contributed by atoms with Crippen LogP contribution in [0, 0.1) is 12.8 Å². The molecule has 1 aliphatic carbocycles. The summed E-state index contributed by atoms with van der Waals surface area (Å²) in [4.78, 5) is 0. The molecule has 0 aromatic heterocycles. The zero-order chi connectivity index (χ0) is 13.0. The molecule has 100 valence electrons. The molecule has 0 spiro atoms. The Kier molecular flexibility index (Phi) is 4.90. The van der Waals surface area contributed by atoms with Gasteiger partial charge in [0.25, 0.3) is 0 Å². The molecule has 1 saturated carbocycles. The van der Waals surface area contributed by atoms with Gasteiger partial charge in [0.05, 0.1) is 16.8 Å². The second kappa shape index (κ2) is 6.44. The first kappa shape index (κ1) is 13.7. The smallest absolute Gasteiger partial charge is 0.0715 e. The number of anilines is 1. The van der Waals surface area contributed by atoms with Crippen molar-refractivity contribution in [1.29, 1.82) is 0 Å². The van der Waals surface area contributed by atoms with Gasteiger partial charge in [-0.3, -0.25) is 0 Å². The largest absolute Gasteiger partial charge is 0.391 e. The Bertz CT molecular complexity index is 368. The van der Waals surface area contributed by atoms with Crippen LogP contribution in [0.5, 0.6) is 0 Å². The topological polar surface area (TPSA) is 32.3 Å². The van der Waals surface area contributed by atoms with Crippen LogP contribution in [0.2, 0.25) is 5.02 Å². The molecule has 1 aromatic rings. The van der Waals surface area contributed by atoms with Crippen molar-refractivity contribution in [2.45, 2.75) is 45.1 Å². The summed E-state index contributed by atoms with van der Waals surface area (Å²) in [6.45, 7) is 2.61. The Morgan fingerprint density at radius 2 is 2.11 bits per heavy atom. The number of para-hydroxylation sites is 1. The number of hydrogen-bond donors (Lipinski definition) is 2. The van der Waals surface area contributed by atoms with E-state index >= 15 is 0 Å². The lowest BCUT2D eigenvalue weighted by molar-refractivity contribution is 0.155. The van der Waals surface area contributed by atoms with Crippen molar-refractivity contribution < 1.29 is 5.11 Å². The van der Waals surface area contributed by atoms with Crippen molar-refractivity contribution in [3.8, 4) is 0 Å². The molecule has 0 amide bonds. The van der Waals surface area contributed by atoms with Gasteiger partial charge in [0, 0.05) is 6.54 Å². The Hall–Kier alpha value is -0.730. The van der Waals surface area contributed by atoms with E-state index in [4.69, 9.17) is 11.6 Å². The molecule has 1 fully saturated rings. The van der Waals surface area contributed by atoms with Crippen LogP contribution in [-0.4, -0.2) is 17.8 Å². The minimum atomic E-state index is -0.274. The monoisotopic (exact) mass is 267 g/mol. The van der Waals surface area contributed by atoms with Gasteiger partial charge >= 0.3 is 0 Å². The van der Waals surface area contributed by atoms with Gasteiger partial charge in [-0.2, -0.15) is 0 Å². The number of benzene rings is 1. The number of rotatable bonds is 5. The third kappa shape index (κ3) is 3.63. The maximum absolute atomic E-state index is 10.0. The van der Waals surface area contributed by atoms with Crippen molar-refractivity contribution in [3.63, 3.8) is 0 Å². The molecule has 0 bridgehead atoms. The van der Waals surface area contributed by atoms with E-state index in [9.17, 15) is 5.11 Å². The Morgan fingerprint density at radius 3 is 2.78 bits per heavy atom. The van der Waals surface area contributed by atoms with Crippen LogP contribution < -0.4 is 5.32 Å². The predicted octanol–water partition coefficient (Wildman–Crippen LogP) is 4.00. The molecule has 2 nitrogen and oxygen atoms in total. The molecule has 0 saturated heterocycles. The van der Waals surface area contributed by atoms with E-state index in [2.05, 4.69) is 5.32 Å². The van der Waals surface area contributed by atoms with Crippen LogP contribution in [0.4, 0.5) is 5.69 Å². The molecule has 1 aromatic carbocycles. The first-order valence-electron chi connectivity index (χ1n) is 6.84. The van der Waals surface area contributed by atoms with Crippen molar-refractivity contribution in [1.82, 2.24) is 0 Å². The fraction of sp³-hybridized carbons (Fsp3) is 0.600. The molecule has 0 radical (unpaired) electrons. The summed E-state index contributed by atoms with van der Waals surface area (Å²) >= 11 is 6.14. The van der Waals surface area contributed by atoms with Crippen molar-refractivity contribution in [2.75, 3.05) is 11.9 Å². The molecular formula is C15H22ClNO. The van der Waals surface area contributed by atoms with E-state index in [1.54, 1.807) is 0 Å². The fourth-order valence-electron chi connectivity index (χ4n) is 2.79. The van der Waals surface area contributed by atoms with Gasteiger partial charge < -0.3 is 10.4 Å². The van der Waals surface area contributed by atoms with Gasteiger partial charge in [-0.15, -0.1) is 0 Å². The number of aliphatic hydroxyl groups excluding tert-OH is 1. The van der Waals surface area contributed by atoms with Gasteiger partial charge in [0.2, 0.25) is 0 Å². The molecule has 0 aliphatic heterocycles. The summed E-state index contributed by atoms with van der Waals surface area (Å²) in [5.41, 5.74) is 2.07. The number of hydrogen-bond acceptors (Lipinski definition) is 2. The minimum absolute atomic E-state index is 0.274. The summed E-state index contributed by atoms with van der Waals surface area (Å²) in [5, 5.41) is 14.0. The lowest BCUT2D eigenvalue weighted by Gasteiger charge is -2.18. The van der Waals surface area contributed by atoms with Crippen LogP contribution in [0.15, 0.2) is 18.2 Å². The van der Waals surface area contributed by atoms with Gasteiger partial charge in [-0.05, 0) is 30.9 Å². The third-order valence-electron chi connectivity index (χ3n) is 3.82. The highest BCUT2D eigenvalue weighted by Crippen LogP contribution is 2.29. The SMILES string of the molecule is Cc1cccc(Cl)c1NCC(O)CC1CCCC1. The van der Waals surface area contributed by atoms with Crippen LogP contribution in [-0.2, 0) is 0 Å². The first-order valence-corrected chi connectivity index (χ1v) is 7.21. The standard InChI is InChI=1S/C15H22ClNO/c1-11-5-4-8-14(16)15(11)17-10-13(18)9-12-6-2-3-7-12/h4-5,8,12-13,17-18H,2-3,6-7,9-10H2,1H3. The number of nitrogens with one attached hydrogen (secondary N) is 1. The maximum atomic E-state index is 10.0. The van der Waals surface area contributed by atoms with Gasteiger partial charge in [0.1, 0.15) is 0 Å². The summed E-state index contributed by atoms with van der Waals surface area (Å²) < 4.78 is 0. The zero-order valence-corrected chi connectivity index (χ0v) is 11.7. The lowest BCUT2D eigenvalue weighted by atomic mass is 10.00. The van der Waals surface area contributed by atoms with Crippen LogP contribution in [0.1, 0.15) is 37.7 Å².